The van der Waals surface area contributed by atoms with Gasteiger partial charge in [0, 0.05) is 16.6 Å². The maximum absolute atomic E-state index is 5.84. The molecule has 1 unspecified atom stereocenters. The zero-order chi connectivity index (χ0) is 14.9. The van der Waals surface area contributed by atoms with Crippen LogP contribution < -0.4 is 5.73 Å². The van der Waals surface area contributed by atoms with Gasteiger partial charge in [0.2, 0.25) is 11.7 Å². The van der Waals surface area contributed by atoms with Crippen LogP contribution in [-0.2, 0) is 6.54 Å². The van der Waals surface area contributed by atoms with Gasteiger partial charge in [0.15, 0.2) is 0 Å². The first-order valence-electron chi connectivity index (χ1n) is 7.09. The average molecular weight is 388 g/mol. The van der Waals surface area contributed by atoms with Gasteiger partial charge in [-0.1, -0.05) is 40.1 Å². The Morgan fingerprint density at radius 1 is 1.45 bits per heavy atom. The minimum Gasteiger partial charge on any atom is -0.338 e. The minimum atomic E-state index is 0. The number of hydrogen-bond acceptors (Lipinski definition) is 5. The van der Waals surface area contributed by atoms with Gasteiger partial charge in [-0.25, -0.2) is 0 Å². The smallest absolute Gasteiger partial charge is 0.241 e. The van der Waals surface area contributed by atoms with Crippen LogP contribution in [0.5, 0.6) is 0 Å². The van der Waals surface area contributed by atoms with Crippen LogP contribution in [0, 0.1) is 5.41 Å². The lowest BCUT2D eigenvalue weighted by Crippen LogP contribution is -2.31. The monoisotopic (exact) mass is 386 g/mol. The van der Waals surface area contributed by atoms with Gasteiger partial charge in [-0.3, -0.25) is 4.90 Å². The zero-order valence-corrected chi connectivity index (χ0v) is 14.9. The molecular weight excluding hydrogens is 368 g/mol. The molecule has 2 aromatic rings. The van der Waals surface area contributed by atoms with E-state index in [1.807, 2.05) is 24.3 Å². The predicted molar refractivity (Wildman–Crippen MR) is 91.7 cm³/mol. The van der Waals surface area contributed by atoms with Crippen LogP contribution in [0.2, 0.25) is 0 Å². The molecule has 1 atom stereocenters. The highest BCUT2D eigenvalue weighted by Crippen LogP contribution is 2.29. The average Bonchev–Trinajstić information content (AvgIpc) is 3.07. The molecule has 2 heterocycles. The summed E-state index contributed by atoms with van der Waals surface area (Å²) in [5, 5.41) is 4.07. The first kappa shape index (κ1) is 17.4. The lowest BCUT2D eigenvalue weighted by molar-refractivity contribution is 0.239. The van der Waals surface area contributed by atoms with Gasteiger partial charge in [0.1, 0.15) is 0 Å². The van der Waals surface area contributed by atoms with E-state index in [0.29, 0.717) is 18.3 Å². The van der Waals surface area contributed by atoms with E-state index >= 15 is 0 Å². The second kappa shape index (κ2) is 7.08. The molecule has 22 heavy (non-hydrogen) atoms. The fraction of sp³-hybridized carbons (Fsp3) is 0.467. The van der Waals surface area contributed by atoms with Gasteiger partial charge >= 0.3 is 0 Å². The number of halogens is 2. The van der Waals surface area contributed by atoms with Gasteiger partial charge in [-0.05, 0) is 37.1 Å². The summed E-state index contributed by atoms with van der Waals surface area (Å²) < 4.78 is 6.38. The Hall–Kier alpha value is -0.950. The summed E-state index contributed by atoms with van der Waals surface area (Å²) in [5.74, 6) is 1.29. The molecule has 1 fully saturated rings. The number of likely N-dealkylation sites (tertiary alicyclic amines) is 1. The zero-order valence-electron chi connectivity index (χ0n) is 12.5. The number of nitrogens with two attached hydrogens (primary N) is 1. The van der Waals surface area contributed by atoms with Crippen LogP contribution >= 0.6 is 28.3 Å². The molecule has 1 aliphatic heterocycles. The summed E-state index contributed by atoms with van der Waals surface area (Å²) >= 11 is 3.45. The first-order valence-corrected chi connectivity index (χ1v) is 7.88. The van der Waals surface area contributed by atoms with Crippen molar-refractivity contribution >= 4 is 28.3 Å². The third kappa shape index (κ3) is 3.87. The van der Waals surface area contributed by atoms with Crippen molar-refractivity contribution in [1.82, 2.24) is 15.0 Å². The highest BCUT2D eigenvalue weighted by Gasteiger charge is 2.33. The quantitative estimate of drug-likeness (QED) is 0.873. The van der Waals surface area contributed by atoms with E-state index in [0.717, 1.165) is 36.1 Å². The van der Waals surface area contributed by atoms with E-state index < -0.39 is 0 Å². The first-order chi connectivity index (χ1) is 10.1. The van der Waals surface area contributed by atoms with Crippen molar-refractivity contribution in [3.05, 3.63) is 34.6 Å². The standard InChI is InChI=1S/C15H19BrN4O.ClH/c1-15(9-17)5-6-20(10-15)8-13-18-14(19-21-13)11-3-2-4-12(16)7-11;/h2-4,7H,5-6,8-10,17H2,1H3;1H. The summed E-state index contributed by atoms with van der Waals surface area (Å²) in [6.07, 6.45) is 1.12. The molecule has 0 spiro atoms. The highest BCUT2D eigenvalue weighted by atomic mass is 79.9. The van der Waals surface area contributed by atoms with E-state index in [2.05, 4.69) is 37.9 Å². The van der Waals surface area contributed by atoms with Gasteiger partial charge in [0.05, 0.1) is 6.54 Å². The molecule has 3 rings (SSSR count). The van der Waals surface area contributed by atoms with Crippen molar-refractivity contribution in [2.45, 2.75) is 19.9 Å². The SMILES string of the molecule is CC1(CN)CCN(Cc2nc(-c3cccc(Br)c3)no2)C1.Cl. The number of benzene rings is 1. The van der Waals surface area contributed by atoms with Crippen LogP contribution in [0.3, 0.4) is 0 Å². The molecule has 0 aliphatic carbocycles. The van der Waals surface area contributed by atoms with E-state index in [1.54, 1.807) is 0 Å². The Kier molecular flexibility index (Phi) is 5.60. The Morgan fingerprint density at radius 3 is 2.95 bits per heavy atom. The van der Waals surface area contributed by atoms with Crippen LogP contribution in [0.25, 0.3) is 11.4 Å². The Labute approximate surface area is 144 Å². The van der Waals surface area contributed by atoms with E-state index in [-0.39, 0.29) is 17.8 Å². The third-order valence-corrected chi connectivity index (χ3v) is 4.53. The number of rotatable bonds is 4. The molecule has 1 aromatic heterocycles. The molecule has 120 valence electrons. The molecule has 7 heteroatoms. The van der Waals surface area contributed by atoms with E-state index in [1.165, 1.54) is 0 Å². The van der Waals surface area contributed by atoms with Crippen molar-refractivity contribution in [3.63, 3.8) is 0 Å². The predicted octanol–water partition coefficient (Wildman–Crippen LogP) is 3.09. The number of nitrogens with zero attached hydrogens (tertiary/aromatic N) is 3. The lowest BCUT2D eigenvalue weighted by Gasteiger charge is -2.21. The fourth-order valence-electron chi connectivity index (χ4n) is 2.68. The van der Waals surface area contributed by atoms with Gasteiger partial charge < -0.3 is 10.3 Å². The third-order valence-electron chi connectivity index (χ3n) is 4.04. The topological polar surface area (TPSA) is 68.2 Å². The molecule has 1 saturated heterocycles. The summed E-state index contributed by atoms with van der Waals surface area (Å²) in [6, 6.07) is 7.89. The summed E-state index contributed by atoms with van der Waals surface area (Å²) in [7, 11) is 0. The van der Waals surface area contributed by atoms with Crippen LogP contribution in [0.1, 0.15) is 19.2 Å². The molecule has 0 bridgehead atoms. The second-order valence-electron chi connectivity index (χ2n) is 6.00. The van der Waals surface area contributed by atoms with Crippen LogP contribution in [0.15, 0.2) is 33.3 Å². The summed E-state index contributed by atoms with van der Waals surface area (Å²) in [5.41, 5.74) is 7.00. The van der Waals surface area contributed by atoms with Gasteiger partial charge in [-0.2, -0.15) is 4.98 Å². The summed E-state index contributed by atoms with van der Waals surface area (Å²) in [6.45, 7) is 5.65. The molecule has 1 aromatic carbocycles. The number of hydrogen-bond donors (Lipinski definition) is 1. The molecule has 0 saturated carbocycles. The maximum atomic E-state index is 5.84. The molecule has 0 radical (unpaired) electrons. The summed E-state index contributed by atoms with van der Waals surface area (Å²) in [4.78, 5) is 6.81. The Balaban J connectivity index is 0.00000176. The van der Waals surface area contributed by atoms with Crippen molar-refractivity contribution in [2.24, 2.45) is 11.1 Å². The van der Waals surface area contributed by atoms with Crippen molar-refractivity contribution in [1.29, 1.82) is 0 Å². The molecule has 1 aliphatic rings. The Morgan fingerprint density at radius 2 is 2.27 bits per heavy atom. The van der Waals surface area contributed by atoms with E-state index in [9.17, 15) is 0 Å². The van der Waals surface area contributed by atoms with E-state index in [4.69, 9.17) is 10.3 Å². The van der Waals surface area contributed by atoms with Crippen LogP contribution in [-0.4, -0.2) is 34.7 Å². The van der Waals surface area contributed by atoms with Crippen molar-refractivity contribution in [3.8, 4) is 11.4 Å². The molecule has 5 nitrogen and oxygen atoms in total. The van der Waals surface area contributed by atoms with Crippen molar-refractivity contribution in [2.75, 3.05) is 19.6 Å². The molecular formula is C15H20BrClN4O. The second-order valence-corrected chi connectivity index (χ2v) is 6.91. The van der Waals surface area contributed by atoms with Crippen molar-refractivity contribution < 1.29 is 4.52 Å². The fourth-order valence-corrected chi connectivity index (χ4v) is 3.08. The van der Waals surface area contributed by atoms with Gasteiger partial charge in [0.25, 0.3) is 0 Å². The number of aromatic nitrogens is 2. The van der Waals surface area contributed by atoms with Crippen LogP contribution in [0.4, 0.5) is 0 Å². The Bertz CT molecular complexity index is 636. The lowest BCUT2D eigenvalue weighted by atomic mass is 9.90. The van der Waals surface area contributed by atoms with Gasteiger partial charge in [-0.15, -0.1) is 12.4 Å². The highest BCUT2D eigenvalue weighted by molar-refractivity contribution is 9.10. The molecule has 0 amide bonds. The largest absolute Gasteiger partial charge is 0.338 e. The molecule has 2 N–H and O–H groups in total. The normalized spacial score (nSPS) is 21.8. The minimum absolute atomic E-state index is 0. The maximum Gasteiger partial charge on any atom is 0.241 e.